The Morgan fingerprint density at radius 2 is 2.04 bits per heavy atom. The van der Waals surface area contributed by atoms with E-state index >= 15 is 0 Å². The predicted molar refractivity (Wildman–Crippen MR) is 96.7 cm³/mol. The van der Waals surface area contributed by atoms with Gasteiger partial charge in [0.1, 0.15) is 5.82 Å². The van der Waals surface area contributed by atoms with Gasteiger partial charge in [0, 0.05) is 23.8 Å². The first-order chi connectivity index (χ1) is 12.2. The molecule has 6 nitrogen and oxygen atoms in total. The van der Waals surface area contributed by atoms with Crippen molar-refractivity contribution >= 4 is 17.7 Å². The maximum Gasteiger partial charge on any atom is 0.239 e. The second kappa shape index (κ2) is 5.66. The van der Waals surface area contributed by atoms with Crippen molar-refractivity contribution in [1.29, 1.82) is 0 Å². The number of rotatable bonds is 3. The molecule has 134 valence electrons. The Morgan fingerprint density at radius 3 is 2.72 bits per heavy atom. The second-order valence-electron chi connectivity index (χ2n) is 8.33. The minimum absolute atomic E-state index is 0.287. The van der Waals surface area contributed by atoms with E-state index in [0.29, 0.717) is 23.9 Å². The lowest BCUT2D eigenvalue weighted by atomic mass is 10.0. The third kappa shape index (κ3) is 2.37. The number of nitrogens with one attached hydrogen (secondary N) is 2. The molecule has 1 saturated heterocycles. The number of amides is 1. The SMILES string of the molecule is CC1CCCC1N1C(=O)C2(CC2)c2cnc(NC3CCNCC3)nc21. The molecule has 2 unspecified atom stereocenters. The van der Waals surface area contributed by atoms with Crippen molar-refractivity contribution in [1.82, 2.24) is 15.3 Å². The smallest absolute Gasteiger partial charge is 0.239 e. The molecule has 0 bridgehead atoms. The van der Waals surface area contributed by atoms with E-state index in [1.54, 1.807) is 0 Å². The molecule has 4 aliphatic rings. The molecule has 0 aromatic carbocycles. The van der Waals surface area contributed by atoms with E-state index in [9.17, 15) is 4.79 Å². The molecule has 5 rings (SSSR count). The molecule has 1 aromatic heterocycles. The van der Waals surface area contributed by atoms with Gasteiger partial charge in [-0.25, -0.2) is 4.98 Å². The van der Waals surface area contributed by atoms with Crippen LogP contribution in [-0.2, 0) is 10.2 Å². The first-order valence-electron chi connectivity index (χ1n) is 9.87. The van der Waals surface area contributed by atoms with Gasteiger partial charge in [-0.1, -0.05) is 13.3 Å². The van der Waals surface area contributed by atoms with Crippen LogP contribution in [0, 0.1) is 5.92 Å². The highest BCUT2D eigenvalue weighted by atomic mass is 16.2. The number of piperidine rings is 1. The molecule has 2 atom stereocenters. The van der Waals surface area contributed by atoms with Crippen LogP contribution in [0.5, 0.6) is 0 Å². The van der Waals surface area contributed by atoms with Crippen LogP contribution in [0.4, 0.5) is 11.8 Å². The number of hydrogen-bond donors (Lipinski definition) is 2. The van der Waals surface area contributed by atoms with Crippen molar-refractivity contribution in [2.45, 2.75) is 69.4 Å². The van der Waals surface area contributed by atoms with Gasteiger partial charge in [0.2, 0.25) is 11.9 Å². The molecule has 3 heterocycles. The summed E-state index contributed by atoms with van der Waals surface area (Å²) in [7, 11) is 0. The first kappa shape index (κ1) is 15.6. The van der Waals surface area contributed by atoms with Crippen molar-refractivity contribution in [3.05, 3.63) is 11.8 Å². The lowest BCUT2D eigenvalue weighted by Gasteiger charge is -2.28. The molecule has 25 heavy (non-hydrogen) atoms. The maximum absolute atomic E-state index is 13.2. The molecule has 2 saturated carbocycles. The molecule has 2 aliphatic carbocycles. The summed E-state index contributed by atoms with van der Waals surface area (Å²) < 4.78 is 0. The molecule has 1 amide bonds. The fraction of sp³-hybridized carbons (Fsp3) is 0.737. The lowest BCUT2D eigenvalue weighted by Crippen LogP contribution is -2.42. The highest BCUT2D eigenvalue weighted by Gasteiger charge is 2.61. The Hall–Kier alpha value is -1.69. The Kier molecular flexibility index (Phi) is 3.52. The van der Waals surface area contributed by atoms with Gasteiger partial charge in [-0.05, 0) is 57.5 Å². The number of fused-ring (bicyclic) bond motifs is 2. The summed E-state index contributed by atoms with van der Waals surface area (Å²) in [6.07, 6.45) is 9.55. The molecular weight excluding hydrogens is 314 g/mol. The fourth-order valence-electron chi connectivity index (χ4n) is 4.98. The predicted octanol–water partition coefficient (Wildman–Crippen LogP) is 2.21. The van der Waals surface area contributed by atoms with E-state index in [4.69, 9.17) is 4.98 Å². The zero-order valence-corrected chi connectivity index (χ0v) is 14.9. The second-order valence-corrected chi connectivity index (χ2v) is 8.33. The summed E-state index contributed by atoms with van der Waals surface area (Å²) >= 11 is 0. The zero-order valence-electron chi connectivity index (χ0n) is 14.9. The standard InChI is InChI=1S/C19H27N5O/c1-12-3-2-4-15(12)24-16-14(19(7-8-19)17(24)25)11-21-18(23-16)22-13-5-9-20-10-6-13/h11-13,15,20H,2-10H2,1H3,(H,21,22,23). The summed E-state index contributed by atoms with van der Waals surface area (Å²) in [4.78, 5) is 24.7. The Bertz CT molecular complexity index is 695. The zero-order chi connectivity index (χ0) is 17.0. The van der Waals surface area contributed by atoms with E-state index in [1.807, 2.05) is 6.20 Å². The average molecular weight is 341 g/mol. The van der Waals surface area contributed by atoms with Crippen LogP contribution in [0.3, 0.4) is 0 Å². The number of carbonyl (C=O) groups is 1. The Balaban J connectivity index is 1.48. The first-order valence-corrected chi connectivity index (χ1v) is 9.87. The monoisotopic (exact) mass is 341 g/mol. The van der Waals surface area contributed by atoms with Gasteiger partial charge < -0.3 is 10.6 Å². The van der Waals surface area contributed by atoms with Crippen LogP contribution >= 0.6 is 0 Å². The largest absolute Gasteiger partial charge is 0.351 e. The van der Waals surface area contributed by atoms with E-state index in [0.717, 1.165) is 56.6 Å². The summed E-state index contributed by atoms with van der Waals surface area (Å²) in [6, 6.07) is 0.734. The highest BCUT2D eigenvalue weighted by Crippen LogP contribution is 2.58. The van der Waals surface area contributed by atoms with Gasteiger partial charge in [0.05, 0.1) is 5.41 Å². The van der Waals surface area contributed by atoms with Crippen LogP contribution in [0.1, 0.15) is 57.4 Å². The summed E-state index contributed by atoms with van der Waals surface area (Å²) in [6.45, 7) is 4.35. The fourth-order valence-corrected chi connectivity index (χ4v) is 4.98. The molecule has 1 spiro atoms. The van der Waals surface area contributed by atoms with Gasteiger partial charge >= 0.3 is 0 Å². The number of anilines is 2. The third-order valence-electron chi connectivity index (χ3n) is 6.71. The van der Waals surface area contributed by atoms with E-state index in [1.165, 1.54) is 12.8 Å². The third-order valence-corrected chi connectivity index (χ3v) is 6.71. The minimum Gasteiger partial charge on any atom is -0.351 e. The van der Waals surface area contributed by atoms with Crippen molar-refractivity contribution in [3.63, 3.8) is 0 Å². The molecule has 3 fully saturated rings. The van der Waals surface area contributed by atoms with Gasteiger partial charge in [-0.2, -0.15) is 4.98 Å². The van der Waals surface area contributed by atoms with Gasteiger partial charge in [-0.3, -0.25) is 9.69 Å². The maximum atomic E-state index is 13.2. The van der Waals surface area contributed by atoms with Gasteiger partial charge in [-0.15, -0.1) is 0 Å². The summed E-state index contributed by atoms with van der Waals surface area (Å²) in [5, 5.41) is 6.88. The van der Waals surface area contributed by atoms with Crippen LogP contribution in [0.25, 0.3) is 0 Å². The van der Waals surface area contributed by atoms with Crippen molar-refractivity contribution in [3.8, 4) is 0 Å². The number of carbonyl (C=O) groups excluding carboxylic acids is 1. The van der Waals surface area contributed by atoms with E-state index in [2.05, 4.69) is 27.4 Å². The summed E-state index contributed by atoms with van der Waals surface area (Å²) in [5.41, 5.74) is 0.790. The minimum atomic E-state index is -0.287. The van der Waals surface area contributed by atoms with Crippen molar-refractivity contribution < 1.29 is 4.79 Å². The van der Waals surface area contributed by atoms with Gasteiger partial charge in [0.25, 0.3) is 0 Å². The van der Waals surface area contributed by atoms with Crippen molar-refractivity contribution in [2.75, 3.05) is 23.3 Å². The Labute approximate surface area is 148 Å². The molecule has 6 heteroatoms. The Morgan fingerprint density at radius 1 is 1.24 bits per heavy atom. The topological polar surface area (TPSA) is 70.2 Å². The lowest BCUT2D eigenvalue weighted by molar-refractivity contribution is -0.120. The number of hydrogen-bond acceptors (Lipinski definition) is 5. The quantitative estimate of drug-likeness (QED) is 0.882. The molecular formula is C19H27N5O. The normalized spacial score (nSPS) is 30.8. The molecule has 0 radical (unpaired) electrons. The highest BCUT2D eigenvalue weighted by molar-refractivity contribution is 6.09. The van der Waals surface area contributed by atoms with Crippen LogP contribution < -0.4 is 15.5 Å². The van der Waals surface area contributed by atoms with Crippen LogP contribution in [-0.4, -0.2) is 41.0 Å². The molecule has 2 N–H and O–H groups in total. The van der Waals surface area contributed by atoms with E-state index < -0.39 is 0 Å². The van der Waals surface area contributed by atoms with Crippen molar-refractivity contribution in [2.24, 2.45) is 5.92 Å². The van der Waals surface area contributed by atoms with Crippen LogP contribution in [0.2, 0.25) is 0 Å². The number of nitrogens with zero attached hydrogens (tertiary/aromatic N) is 3. The van der Waals surface area contributed by atoms with Gasteiger partial charge in [0.15, 0.2) is 0 Å². The van der Waals surface area contributed by atoms with E-state index in [-0.39, 0.29) is 11.3 Å². The average Bonchev–Trinajstić information content (AvgIpc) is 3.27. The molecule has 1 aromatic rings. The van der Waals surface area contributed by atoms with Crippen LogP contribution in [0.15, 0.2) is 6.20 Å². The number of aromatic nitrogens is 2. The summed E-state index contributed by atoms with van der Waals surface area (Å²) in [5.74, 6) is 2.43. The molecule has 2 aliphatic heterocycles.